The molecule has 2 aromatic rings. The van der Waals surface area contributed by atoms with Crippen molar-refractivity contribution in [1.29, 1.82) is 0 Å². The summed E-state index contributed by atoms with van der Waals surface area (Å²) < 4.78 is 1.13. The molecule has 4 aliphatic carbocycles. The monoisotopic (exact) mass is 399 g/mol. The zero-order chi connectivity index (χ0) is 16.1. The van der Waals surface area contributed by atoms with E-state index >= 15 is 0 Å². The number of aliphatic imine (C=N–C) groups is 1. The molecule has 0 radical (unpaired) electrons. The average molecular weight is 400 g/mol. The molecule has 4 saturated carbocycles. The summed E-state index contributed by atoms with van der Waals surface area (Å²) in [6, 6.07) is 11.3. The minimum atomic E-state index is 0.496. The quantitative estimate of drug-likeness (QED) is 0.507. The summed E-state index contributed by atoms with van der Waals surface area (Å²) in [4.78, 5) is 5.83. The van der Waals surface area contributed by atoms with Gasteiger partial charge in [-0.2, -0.15) is 0 Å². The van der Waals surface area contributed by atoms with Gasteiger partial charge in [-0.05, 0) is 101 Å². The average Bonchev–Trinajstić information content (AvgIpc) is 2.98. The van der Waals surface area contributed by atoms with Crippen LogP contribution in [0.15, 0.2) is 45.2 Å². The summed E-state index contributed by atoms with van der Waals surface area (Å²) in [6.45, 7) is 0. The molecule has 0 atom stereocenters. The van der Waals surface area contributed by atoms with Gasteiger partial charge in [-0.15, -0.1) is 11.3 Å². The number of rotatable bonds is 3. The molecule has 4 fully saturated rings. The van der Waals surface area contributed by atoms with Gasteiger partial charge in [0.05, 0.1) is 5.69 Å². The van der Waals surface area contributed by atoms with E-state index in [-0.39, 0.29) is 0 Å². The first-order valence-corrected chi connectivity index (χ1v) is 10.7. The lowest BCUT2D eigenvalue weighted by molar-refractivity contribution is -0.00518. The predicted molar refractivity (Wildman–Crippen MR) is 106 cm³/mol. The van der Waals surface area contributed by atoms with E-state index in [0.29, 0.717) is 5.41 Å². The van der Waals surface area contributed by atoms with Crippen molar-refractivity contribution in [3.63, 3.8) is 0 Å². The molecule has 0 unspecified atom stereocenters. The van der Waals surface area contributed by atoms with Crippen molar-refractivity contribution >= 4 is 39.2 Å². The van der Waals surface area contributed by atoms with Gasteiger partial charge in [-0.25, -0.2) is 0 Å². The number of benzene rings is 1. The summed E-state index contributed by atoms with van der Waals surface area (Å²) in [5.74, 6) is 3.02. The van der Waals surface area contributed by atoms with Crippen molar-refractivity contribution in [2.75, 3.05) is 0 Å². The topological polar surface area (TPSA) is 12.4 Å². The SMILES string of the molecule is Brc1csc(C=Nc2ccc(C34CC5CC(CC(C5)C3)C4)cc2)c1. The second-order valence-corrected chi connectivity index (χ2v) is 10.0. The molecular weight excluding hydrogens is 378 g/mol. The van der Waals surface area contributed by atoms with Crippen LogP contribution < -0.4 is 0 Å². The van der Waals surface area contributed by atoms with Crippen LogP contribution in [0.2, 0.25) is 0 Å². The maximum absolute atomic E-state index is 4.64. The summed E-state index contributed by atoms with van der Waals surface area (Å²) in [5, 5.41) is 2.09. The van der Waals surface area contributed by atoms with E-state index in [1.54, 1.807) is 16.9 Å². The second kappa shape index (κ2) is 5.81. The fraction of sp³-hybridized carbons (Fsp3) is 0.476. The second-order valence-electron chi connectivity index (χ2n) is 8.17. The molecule has 1 aromatic heterocycles. The molecule has 6 rings (SSSR count). The van der Waals surface area contributed by atoms with E-state index in [0.717, 1.165) is 27.9 Å². The van der Waals surface area contributed by atoms with E-state index in [9.17, 15) is 0 Å². The molecule has 4 bridgehead atoms. The Morgan fingerprint density at radius 1 is 1.00 bits per heavy atom. The molecule has 0 aliphatic heterocycles. The minimum absolute atomic E-state index is 0.496. The lowest BCUT2D eigenvalue weighted by Crippen LogP contribution is -2.48. The van der Waals surface area contributed by atoms with Crippen LogP contribution in [-0.4, -0.2) is 6.21 Å². The Bertz CT molecular complexity index is 738. The normalized spacial score (nSPS) is 34.3. The van der Waals surface area contributed by atoms with E-state index < -0.39 is 0 Å². The Morgan fingerprint density at radius 2 is 1.62 bits per heavy atom. The van der Waals surface area contributed by atoms with Crippen molar-refractivity contribution in [1.82, 2.24) is 0 Å². The van der Waals surface area contributed by atoms with Crippen LogP contribution in [0.4, 0.5) is 5.69 Å². The van der Waals surface area contributed by atoms with Gasteiger partial charge in [0.25, 0.3) is 0 Å². The molecule has 3 heteroatoms. The van der Waals surface area contributed by atoms with Crippen molar-refractivity contribution in [3.8, 4) is 0 Å². The third-order valence-electron chi connectivity index (χ3n) is 6.45. The summed E-state index contributed by atoms with van der Waals surface area (Å²) >= 11 is 5.21. The van der Waals surface area contributed by atoms with E-state index in [2.05, 4.69) is 56.6 Å². The minimum Gasteiger partial charge on any atom is -0.255 e. The fourth-order valence-corrected chi connectivity index (χ4v) is 7.20. The lowest BCUT2D eigenvalue weighted by Gasteiger charge is -2.57. The van der Waals surface area contributed by atoms with E-state index in [1.807, 2.05) is 6.21 Å². The highest BCUT2D eigenvalue weighted by Gasteiger charge is 2.51. The standard InChI is InChI=1S/C21H22BrNS/c22-18-8-20(24-13-18)12-23-19-3-1-17(2-4-19)21-9-14-5-15(10-21)7-16(6-14)11-21/h1-4,8,12-16H,5-7,9-11H2. The van der Waals surface area contributed by atoms with Crippen molar-refractivity contribution in [3.05, 3.63) is 50.6 Å². The van der Waals surface area contributed by atoms with Crippen LogP contribution >= 0.6 is 27.3 Å². The first-order chi connectivity index (χ1) is 11.7. The van der Waals surface area contributed by atoms with Gasteiger partial charge in [0, 0.05) is 20.9 Å². The Hall–Kier alpha value is -0.930. The molecule has 0 N–H and O–H groups in total. The highest BCUT2D eigenvalue weighted by molar-refractivity contribution is 9.10. The number of halogens is 1. The highest BCUT2D eigenvalue weighted by Crippen LogP contribution is 2.60. The summed E-state index contributed by atoms with van der Waals surface area (Å²) in [5.41, 5.74) is 3.14. The van der Waals surface area contributed by atoms with Gasteiger partial charge < -0.3 is 0 Å². The van der Waals surface area contributed by atoms with Crippen LogP contribution in [0.5, 0.6) is 0 Å². The molecule has 0 amide bonds. The zero-order valence-electron chi connectivity index (χ0n) is 13.7. The van der Waals surface area contributed by atoms with Gasteiger partial charge >= 0.3 is 0 Å². The van der Waals surface area contributed by atoms with Crippen LogP contribution in [0, 0.1) is 17.8 Å². The van der Waals surface area contributed by atoms with Crippen LogP contribution in [0.3, 0.4) is 0 Å². The first kappa shape index (κ1) is 15.3. The number of hydrogen-bond donors (Lipinski definition) is 0. The number of hydrogen-bond acceptors (Lipinski definition) is 2. The first-order valence-electron chi connectivity index (χ1n) is 9.07. The van der Waals surface area contributed by atoms with E-state index in [4.69, 9.17) is 0 Å². The molecule has 1 aromatic carbocycles. The summed E-state index contributed by atoms with van der Waals surface area (Å²) in [6.07, 6.45) is 10.8. The third kappa shape index (κ3) is 2.70. The maximum Gasteiger partial charge on any atom is 0.0630 e. The van der Waals surface area contributed by atoms with Crippen LogP contribution in [0.25, 0.3) is 0 Å². The maximum atomic E-state index is 4.64. The third-order valence-corrected chi connectivity index (χ3v) is 8.07. The van der Waals surface area contributed by atoms with Crippen molar-refractivity contribution < 1.29 is 0 Å². The number of nitrogens with zero attached hydrogens (tertiary/aromatic N) is 1. The molecular formula is C21H22BrNS. The fourth-order valence-electron chi connectivity index (χ4n) is 5.90. The molecule has 124 valence electrons. The molecule has 1 nitrogen and oxygen atoms in total. The Balaban J connectivity index is 1.38. The zero-order valence-corrected chi connectivity index (χ0v) is 16.2. The Kier molecular flexibility index (Phi) is 3.71. The van der Waals surface area contributed by atoms with Crippen LogP contribution in [0.1, 0.15) is 49.0 Å². The smallest absolute Gasteiger partial charge is 0.0630 e. The molecule has 0 spiro atoms. The van der Waals surface area contributed by atoms with Gasteiger partial charge in [0.15, 0.2) is 0 Å². The molecule has 4 aliphatic rings. The molecule has 1 heterocycles. The summed E-state index contributed by atoms with van der Waals surface area (Å²) in [7, 11) is 0. The largest absolute Gasteiger partial charge is 0.255 e. The molecule has 24 heavy (non-hydrogen) atoms. The Labute approximate surface area is 156 Å². The van der Waals surface area contributed by atoms with Gasteiger partial charge in [-0.3, -0.25) is 4.99 Å². The Morgan fingerprint density at radius 3 is 2.17 bits per heavy atom. The lowest BCUT2D eigenvalue weighted by atomic mass is 9.48. The van der Waals surface area contributed by atoms with Crippen molar-refractivity contribution in [2.24, 2.45) is 22.7 Å². The van der Waals surface area contributed by atoms with Crippen LogP contribution in [-0.2, 0) is 5.41 Å². The van der Waals surface area contributed by atoms with E-state index in [1.165, 1.54) is 43.4 Å². The van der Waals surface area contributed by atoms with Gasteiger partial charge in [0.1, 0.15) is 0 Å². The number of thiophene rings is 1. The van der Waals surface area contributed by atoms with Crippen molar-refractivity contribution in [2.45, 2.75) is 43.9 Å². The highest BCUT2D eigenvalue weighted by atomic mass is 79.9. The predicted octanol–water partition coefficient (Wildman–Crippen LogP) is 6.73. The molecule has 0 saturated heterocycles. The van der Waals surface area contributed by atoms with Gasteiger partial charge in [0.2, 0.25) is 0 Å². The van der Waals surface area contributed by atoms with Gasteiger partial charge in [-0.1, -0.05) is 12.1 Å².